The van der Waals surface area contributed by atoms with Gasteiger partial charge < -0.3 is 0 Å². The van der Waals surface area contributed by atoms with Crippen molar-refractivity contribution in [3.63, 3.8) is 0 Å². The van der Waals surface area contributed by atoms with E-state index in [9.17, 15) is 0 Å². The first kappa shape index (κ1) is 14.2. The molecule has 0 N–H and O–H groups in total. The van der Waals surface area contributed by atoms with Crippen LogP contribution < -0.4 is 0 Å². The molecule has 0 amide bonds. The van der Waals surface area contributed by atoms with Crippen molar-refractivity contribution < 1.29 is 0 Å². The molecule has 1 nitrogen and oxygen atoms in total. The molecule has 0 unspecified atom stereocenters. The summed E-state index contributed by atoms with van der Waals surface area (Å²) in [5.41, 5.74) is 1.40. The van der Waals surface area contributed by atoms with Gasteiger partial charge in [-0.15, -0.1) is 0 Å². The molecule has 0 spiro atoms. The molecular formula is C14H25N. The molecule has 1 aromatic rings. The zero-order valence-electron chi connectivity index (χ0n) is 10.8. The third kappa shape index (κ3) is 5.58. The average Bonchev–Trinajstić information content (AvgIpc) is 2.29. The molecule has 0 aliphatic rings. The van der Waals surface area contributed by atoms with Crippen LogP contribution in [0.25, 0.3) is 0 Å². The van der Waals surface area contributed by atoms with E-state index in [1.54, 1.807) is 0 Å². The molecular weight excluding hydrogens is 182 g/mol. The molecule has 1 aromatic carbocycles. The van der Waals surface area contributed by atoms with E-state index in [-0.39, 0.29) is 0 Å². The molecule has 0 saturated heterocycles. The minimum atomic E-state index is 0.630. The van der Waals surface area contributed by atoms with E-state index in [1.807, 2.05) is 13.8 Å². The Balaban J connectivity index is 0.000000921. The SMILES string of the molecule is CC.CCN(Cc1ccccc1)C(C)C. The van der Waals surface area contributed by atoms with Crippen molar-refractivity contribution in [2.24, 2.45) is 0 Å². The molecule has 0 aromatic heterocycles. The van der Waals surface area contributed by atoms with Crippen molar-refractivity contribution in [2.45, 2.75) is 47.2 Å². The van der Waals surface area contributed by atoms with Gasteiger partial charge in [0.25, 0.3) is 0 Å². The van der Waals surface area contributed by atoms with E-state index < -0.39 is 0 Å². The highest BCUT2D eigenvalue weighted by atomic mass is 15.1. The molecule has 15 heavy (non-hydrogen) atoms. The van der Waals surface area contributed by atoms with Crippen molar-refractivity contribution >= 4 is 0 Å². The summed E-state index contributed by atoms with van der Waals surface area (Å²) in [5.74, 6) is 0. The average molecular weight is 207 g/mol. The Morgan fingerprint density at radius 3 is 2.00 bits per heavy atom. The highest BCUT2D eigenvalue weighted by Gasteiger charge is 2.06. The molecule has 0 saturated carbocycles. The first-order chi connectivity index (χ1) is 7.24. The van der Waals surface area contributed by atoms with Gasteiger partial charge in [-0.2, -0.15) is 0 Å². The number of rotatable bonds is 4. The van der Waals surface area contributed by atoms with Gasteiger partial charge in [0.15, 0.2) is 0 Å². The first-order valence-corrected chi connectivity index (χ1v) is 6.02. The van der Waals surface area contributed by atoms with Gasteiger partial charge in [0, 0.05) is 12.6 Å². The van der Waals surface area contributed by atoms with Gasteiger partial charge in [-0.05, 0) is 26.0 Å². The lowest BCUT2D eigenvalue weighted by atomic mass is 10.2. The van der Waals surface area contributed by atoms with Crippen LogP contribution in [0.2, 0.25) is 0 Å². The Hall–Kier alpha value is -0.820. The Bertz CT molecular complexity index is 228. The predicted octanol–water partition coefficient (Wildman–Crippen LogP) is 3.94. The molecule has 0 heterocycles. The second kappa shape index (κ2) is 8.49. The Labute approximate surface area is 95.1 Å². The van der Waals surface area contributed by atoms with E-state index in [2.05, 4.69) is 56.0 Å². The van der Waals surface area contributed by atoms with E-state index >= 15 is 0 Å². The maximum atomic E-state index is 2.45. The smallest absolute Gasteiger partial charge is 0.0236 e. The number of hydrogen-bond donors (Lipinski definition) is 0. The van der Waals surface area contributed by atoms with Crippen molar-refractivity contribution in [1.82, 2.24) is 4.90 Å². The van der Waals surface area contributed by atoms with Gasteiger partial charge in [-0.25, -0.2) is 0 Å². The van der Waals surface area contributed by atoms with Crippen LogP contribution in [0.3, 0.4) is 0 Å². The van der Waals surface area contributed by atoms with E-state index in [0.717, 1.165) is 13.1 Å². The normalized spacial score (nSPS) is 10.1. The highest BCUT2D eigenvalue weighted by Crippen LogP contribution is 2.06. The maximum Gasteiger partial charge on any atom is 0.0236 e. The molecule has 1 rings (SSSR count). The fourth-order valence-corrected chi connectivity index (χ4v) is 1.48. The Kier molecular flexibility index (Phi) is 8.02. The van der Waals surface area contributed by atoms with Gasteiger partial charge in [0.1, 0.15) is 0 Å². The van der Waals surface area contributed by atoms with Crippen molar-refractivity contribution in [3.8, 4) is 0 Å². The van der Waals surface area contributed by atoms with E-state index in [1.165, 1.54) is 5.56 Å². The molecule has 0 aliphatic carbocycles. The monoisotopic (exact) mass is 207 g/mol. The molecule has 1 heteroatoms. The van der Waals surface area contributed by atoms with Crippen LogP contribution in [0.1, 0.15) is 40.2 Å². The van der Waals surface area contributed by atoms with Gasteiger partial charge in [0.05, 0.1) is 0 Å². The van der Waals surface area contributed by atoms with Gasteiger partial charge in [-0.1, -0.05) is 51.1 Å². The maximum absolute atomic E-state index is 2.45. The van der Waals surface area contributed by atoms with Gasteiger partial charge >= 0.3 is 0 Å². The summed E-state index contributed by atoms with van der Waals surface area (Å²) in [6.45, 7) is 12.9. The van der Waals surface area contributed by atoms with E-state index in [4.69, 9.17) is 0 Å². The van der Waals surface area contributed by atoms with E-state index in [0.29, 0.717) is 6.04 Å². The van der Waals surface area contributed by atoms with Crippen LogP contribution in [0.5, 0.6) is 0 Å². The topological polar surface area (TPSA) is 3.24 Å². The fraction of sp³-hybridized carbons (Fsp3) is 0.571. The molecule has 0 radical (unpaired) electrons. The first-order valence-electron chi connectivity index (χ1n) is 6.02. The zero-order chi connectivity index (χ0) is 11.7. The van der Waals surface area contributed by atoms with Crippen LogP contribution in [0.15, 0.2) is 30.3 Å². The lowest BCUT2D eigenvalue weighted by Crippen LogP contribution is -2.29. The summed E-state index contributed by atoms with van der Waals surface area (Å²) in [4.78, 5) is 2.45. The quantitative estimate of drug-likeness (QED) is 0.722. The second-order valence-corrected chi connectivity index (χ2v) is 3.64. The molecule has 0 aliphatic heterocycles. The van der Waals surface area contributed by atoms with Crippen LogP contribution in [0, 0.1) is 0 Å². The van der Waals surface area contributed by atoms with Crippen molar-refractivity contribution in [3.05, 3.63) is 35.9 Å². The number of nitrogens with zero attached hydrogens (tertiary/aromatic N) is 1. The third-order valence-corrected chi connectivity index (χ3v) is 2.36. The lowest BCUT2D eigenvalue weighted by molar-refractivity contribution is 0.225. The van der Waals surface area contributed by atoms with Crippen LogP contribution in [0.4, 0.5) is 0 Å². The standard InChI is InChI=1S/C12H19N.C2H6/c1-4-13(11(2)3)10-12-8-6-5-7-9-12;1-2/h5-9,11H,4,10H2,1-3H3;1-2H3. The number of benzene rings is 1. The predicted molar refractivity (Wildman–Crippen MR) is 69.0 cm³/mol. The van der Waals surface area contributed by atoms with Crippen molar-refractivity contribution in [1.29, 1.82) is 0 Å². The highest BCUT2D eigenvalue weighted by molar-refractivity contribution is 5.14. The summed E-state index contributed by atoms with van der Waals surface area (Å²) < 4.78 is 0. The molecule has 0 fully saturated rings. The van der Waals surface area contributed by atoms with Crippen LogP contribution in [-0.4, -0.2) is 17.5 Å². The van der Waals surface area contributed by atoms with Crippen molar-refractivity contribution in [2.75, 3.05) is 6.54 Å². The summed E-state index contributed by atoms with van der Waals surface area (Å²) >= 11 is 0. The minimum Gasteiger partial charge on any atom is -0.297 e. The molecule has 0 bridgehead atoms. The van der Waals surface area contributed by atoms with Gasteiger partial charge in [0.2, 0.25) is 0 Å². The number of hydrogen-bond acceptors (Lipinski definition) is 1. The largest absolute Gasteiger partial charge is 0.297 e. The summed E-state index contributed by atoms with van der Waals surface area (Å²) in [7, 11) is 0. The summed E-state index contributed by atoms with van der Waals surface area (Å²) in [6, 6.07) is 11.3. The summed E-state index contributed by atoms with van der Waals surface area (Å²) in [6.07, 6.45) is 0. The van der Waals surface area contributed by atoms with Gasteiger partial charge in [-0.3, -0.25) is 4.90 Å². The molecule has 86 valence electrons. The fourth-order valence-electron chi connectivity index (χ4n) is 1.48. The zero-order valence-corrected chi connectivity index (χ0v) is 10.8. The minimum absolute atomic E-state index is 0.630. The second-order valence-electron chi connectivity index (χ2n) is 3.64. The Morgan fingerprint density at radius 1 is 1.07 bits per heavy atom. The lowest BCUT2D eigenvalue weighted by Gasteiger charge is -2.24. The molecule has 0 atom stereocenters. The summed E-state index contributed by atoms with van der Waals surface area (Å²) in [5, 5.41) is 0. The third-order valence-electron chi connectivity index (χ3n) is 2.36. The van der Waals surface area contributed by atoms with Crippen LogP contribution >= 0.6 is 0 Å². The van der Waals surface area contributed by atoms with Crippen LogP contribution in [-0.2, 0) is 6.54 Å². The Morgan fingerprint density at radius 2 is 1.60 bits per heavy atom.